The van der Waals surface area contributed by atoms with Gasteiger partial charge in [-0.25, -0.2) is 0 Å². The Morgan fingerprint density at radius 1 is 1.40 bits per heavy atom. The van der Waals surface area contributed by atoms with Crippen LogP contribution >= 0.6 is 0 Å². The number of nitrogens with zero attached hydrogens (tertiary/aromatic N) is 3. The molecule has 114 valence electrons. The zero-order valence-corrected chi connectivity index (χ0v) is 13.3. The Bertz CT molecular complexity index is 382. The Balaban J connectivity index is 1.82. The summed E-state index contributed by atoms with van der Waals surface area (Å²) in [6.45, 7) is 5.42. The minimum Gasteiger partial charge on any atom is -0.319 e. The summed E-state index contributed by atoms with van der Waals surface area (Å²) in [6.07, 6.45) is 8.90. The molecule has 1 atom stereocenters. The molecular formula is C16H30N4. The van der Waals surface area contributed by atoms with Crippen molar-refractivity contribution in [3.63, 3.8) is 0 Å². The first-order chi connectivity index (χ1) is 9.69. The first kappa shape index (κ1) is 15.5. The Morgan fingerprint density at radius 3 is 2.85 bits per heavy atom. The Kier molecular flexibility index (Phi) is 6.05. The van der Waals surface area contributed by atoms with Crippen molar-refractivity contribution in [2.75, 3.05) is 27.2 Å². The van der Waals surface area contributed by atoms with Gasteiger partial charge in [0.1, 0.15) is 0 Å². The first-order valence-electron chi connectivity index (χ1n) is 8.06. The molecule has 1 fully saturated rings. The first-order valence-corrected chi connectivity index (χ1v) is 8.06. The maximum atomic E-state index is 4.79. The maximum absolute atomic E-state index is 4.79. The molecule has 1 aliphatic rings. The van der Waals surface area contributed by atoms with E-state index in [1.54, 1.807) is 0 Å². The lowest BCUT2D eigenvalue weighted by Gasteiger charge is -2.22. The maximum Gasteiger partial charge on any atom is 0.0764 e. The Morgan fingerprint density at radius 2 is 2.15 bits per heavy atom. The number of aromatic nitrogens is 2. The average molecular weight is 278 g/mol. The molecule has 0 saturated heterocycles. The molecule has 0 amide bonds. The minimum atomic E-state index is 0.644. The molecule has 1 heterocycles. The normalized spacial score (nSPS) is 18.6. The third-order valence-electron chi connectivity index (χ3n) is 4.22. The predicted octanol–water partition coefficient (Wildman–Crippen LogP) is 2.68. The summed E-state index contributed by atoms with van der Waals surface area (Å²) >= 11 is 0. The number of nitrogens with one attached hydrogen (secondary N) is 1. The highest BCUT2D eigenvalue weighted by Crippen LogP contribution is 2.27. The summed E-state index contributed by atoms with van der Waals surface area (Å²) in [7, 11) is 4.20. The fourth-order valence-electron chi connectivity index (χ4n) is 3.30. The summed E-state index contributed by atoms with van der Waals surface area (Å²) in [6, 6.07) is 2.83. The fourth-order valence-corrected chi connectivity index (χ4v) is 3.30. The van der Waals surface area contributed by atoms with Gasteiger partial charge in [0.2, 0.25) is 0 Å². The zero-order valence-electron chi connectivity index (χ0n) is 13.3. The highest BCUT2D eigenvalue weighted by atomic mass is 15.3. The van der Waals surface area contributed by atoms with Crippen molar-refractivity contribution in [3.05, 3.63) is 18.0 Å². The van der Waals surface area contributed by atoms with E-state index in [1.807, 2.05) is 7.05 Å². The van der Waals surface area contributed by atoms with Gasteiger partial charge in [-0.1, -0.05) is 26.2 Å². The highest BCUT2D eigenvalue weighted by Gasteiger charge is 2.16. The van der Waals surface area contributed by atoms with Gasteiger partial charge < -0.3 is 10.2 Å². The van der Waals surface area contributed by atoms with Crippen LogP contribution in [0.3, 0.4) is 0 Å². The molecule has 4 heteroatoms. The molecule has 0 aromatic carbocycles. The second-order valence-corrected chi connectivity index (χ2v) is 6.44. The summed E-state index contributed by atoms with van der Waals surface area (Å²) in [4.78, 5) is 2.37. The second kappa shape index (κ2) is 7.79. The van der Waals surface area contributed by atoms with Gasteiger partial charge in [0, 0.05) is 19.3 Å². The Labute approximate surface area is 123 Å². The molecule has 0 aliphatic heterocycles. The van der Waals surface area contributed by atoms with Crippen LogP contribution in [0.25, 0.3) is 0 Å². The third-order valence-corrected chi connectivity index (χ3v) is 4.22. The zero-order chi connectivity index (χ0) is 14.4. The molecule has 1 unspecified atom stereocenters. The van der Waals surface area contributed by atoms with Crippen molar-refractivity contribution in [1.29, 1.82) is 0 Å². The van der Waals surface area contributed by atoms with E-state index >= 15 is 0 Å². The molecular weight excluding hydrogens is 248 g/mol. The molecule has 1 saturated carbocycles. The highest BCUT2D eigenvalue weighted by molar-refractivity contribution is 5.00. The van der Waals surface area contributed by atoms with E-state index in [2.05, 4.69) is 41.1 Å². The van der Waals surface area contributed by atoms with Crippen LogP contribution in [0.2, 0.25) is 0 Å². The average Bonchev–Trinajstić information content (AvgIpc) is 2.88. The molecule has 1 aromatic rings. The lowest BCUT2D eigenvalue weighted by molar-refractivity contribution is 0.270. The van der Waals surface area contributed by atoms with Gasteiger partial charge in [-0.15, -0.1) is 0 Å². The molecule has 1 N–H and O–H groups in total. The van der Waals surface area contributed by atoms with Crippen molar-refractivity contribution >= 4 is 0 Å². The van der Waals surface area contributed by atoms with E-state index in [1.165, 1.54) is 37.8 Å². The van der Waals surface area contributed by atoms with Gasteiger partial charge in [0.25, 0.3) is 0 Å². The lowest BCUT2D eigenvalue weighted by Crippen LogP contribution is -2.29. The van der Waals surface area contributed by atoms with E-state index in [9.17, 15) is 0 Å². The van der Waals surface area contributed by atoms with Crippen molar-refractivity contribution in [2.45, 2.75) is 51.6 Å². The van der Waals surface area contributed by atoms with E-state index in [0.29, 0.717) is 12.0 Å². The van der Waals surface area contributed by atoms with Crippen LogP contribution in [0, 0.1) is 5.92 Å². The largest absolute Gasteiger partial charge is 0.319 e. The molecule has 0 bridgehead atoms. The van der Waals surface area contributed by atoms with E-state index < -0.39 is 0 Å². The van der Waals surface area contributed by atoms with Gasteiger partial charge in [0.05, 0.1) is 11.7 Å². The predicted molar refractivity (Wildman–Crippen MR) is 83.8 cm³/mol. The smallest absolute Gasteiger partial charge is 0.0764 e. The second-order valence-electron chi connectivity index (χ2n) is 6.44. The molecule has 2 rings (SSSR count). The lowest BCUT2D eigenvalue weighted by atomic mass is 9.96. The van der Waals surface area contributed by atoms with Gasteiger partial charge in [-0.05, 0) is 45.5 Å². The van der Waals surface area contributed by atoms with Crippen molar-refractivity contribution in [1.82, 2.24) is 20.0 Å². The molecule has 20 heavy (non-hydrogen) atoms. The molecule has 0 radical (unpaired) electrons. The van der Waals surface area contributed by atoms with Crippen LogP contribution in [0.1, 0.15) is 50.8 Å². The molecule has 4 nitrogen and oxygen atoms in total. The van der Waals surface area contributed by atoms with E-state index in [-0.39, 0.29) is 0 Å². The van der Waals surface area contributed by atoms with Crippen LogP contribution in [-0.4, -0.2) is 41.9 Å². The van der Waals surface area contributed by atoms with E-state index in [4.69, 9.17) is 5.10 Å². The van der Waals surface area contributed by atoms with Crippen molar-refractivity contribution in [3.8, 4) is 0 Å². The number of hydrogen-bond donors (Lipinski definition) is 1. The van der Waals surface area contributed by atoms with Gasteiger partial charge in [-0.2, -0.15) is 5.10 Å². The van der Waals surface area contributed by atoms with Crippen molar-refractivity contribution in [2.24, 2.45) is 5.92 Å². The summed E-state index contributed by atoms with van der Waals surface area (Å²) in [5, 5.41) is 8.02. The van der Waals surface area contributed by atoms with Crippen LogP contribution in [-0.2, 0) is 6.54 Å². The summed E-state index contributed by atoms with van der Waals surface area (Å²) in [5.74, 6) is 0.672. The molecule has 1 aliphatic carbocycles. The Hall–Kier alpha value is -0.870. The van der Waals surface area contributed by atoms with Crippen molar-refractivity contribution < 1.29 is 0 Å². The summed E-state index contributed by atoms with van der Waals surface area (Å²) in [5.41, 5.74) is 1.20. The van der Waals surface area contributed by atoms with Gasteiger partial charge >= 0.3 is 0 Å². The quantitative estimate of drug-likeness (QED) is 0.832. The number of hydrogen-bond acceptors (Lipinski definition) is 3. The van der Waals surface area contributed by atoms with Crippen LogP contribution in [0.15, 0.2) is 12.3 Å². The topological polar surface area (TPSA) is 33.1 Å². The van der Waals surface area contributed by atoms with Gasteiger partial charge in [-0.3, -0.25) is 4.68 Å². The third kappa shape index (κ3) is 4.60. The monoisotopic (exact) mass is 278 g/mol. The molecule has 0 spiro atoms. The van der Waals surface area contributed by atoms with Gasteiger partial charge in [0.15, 0.2) is 0 Å². The van der Waals surface area contributed by atoms with Crippen LogP contribution in [0.5, 0.6) is 0 Å². The fraction of sp³-hybridized carbons (Fsp3) is 0.812. The van der Waals surface area contributed by atoms with Crippen LogP contribution < -0.4 is 5.32 Å². The van der Waals surface area contributed by atoms with E-state index in [0.717, 1.165) is 19.6 Å². The standard InChI is InChI=1S/C16H30N4/c1-14(11-17-2)12-19(3)13-15-9-10-20(18-15)16-7-5-4-6-8-16/h9-10,14,16-17H,4-8,11-13H2,1-3H3. The number of rotatable bonds is 7. The SMILES string of the molecule is CNCC(C)CN(C)Cc1ccn(C2CCCCC2)n1. The minimum absolute atomic E-state index is 0.644. The summed E-state index contributed by atoms with van der Waals surface area (Å²) < 4.78 is 2.21. The molecule has 1 aromatic heterocycles. The van der Waals surface area contributed by atoms with Crippen LogP contribution in [0.4, 0.5) is 0 Å².